The van der Waals surface area contributed by atoms with E-state index in [1.165, 1.54) is 225 Å². The molecule has 0 saturated carbocycles. The molecule has 2 nitrogen and oxygen atoms in total. The summed E-state index contributed by atoms with van der Waals surface area (Å²) in [5.74, 6) is 0.938. The molecule has 250 valence electrons. The predicted molar refractivity (Wildman–Crippen MR) is 192 cm³/mol. The third kappa shape index (κ3) is 25.0. The molecule has 1 heterocycles. The SMILES string of the molecule is C=C1CCCN(CCCC(CCCCCCCCC)CCN(CCCCCCCCC)CCCCCCCCC)CC1. The van der Waals surface area contributed by atoms with Gasteiger partial charge < -0.3 is 9.80 Å². The Morgan fingerprint density at radius 1 is 0.524 bits per heavy atom. The van der Waals surface area contributed by atoms with Crippen LogP contribution in [-0.4, -0.2) is 49.1 Å². The quantitative estimate of drug-likeness (QED) is 0.0587. The number of rotatable bonds is 31. The van der Waals surface area contributed by atoms with Crippen molar-refractivity contribution in [1.82, 2.24) is 9.80 Å². The summed E-state index contributed by atoms with van der Waals surface area (Å²) in [5.41, 5.74) is 1.48. The number of hydrogen-bond donors (Lipinski definition) is 0. The van der Waals surface area contributed by atoms with Crippen LogP contribution in [0.2, 0.25) is 0 Å². The molecule has 0 amide bonds. The minimum absolute atomic E-state index is 0.938. The smallest absolute Gasteiger partial charge is 0.00185 e. The van der Waals surface area contributed by atoms with Crippen LogP contribution in [0.4, 0.5) is 0 Å². The topological polar surface area (TPSA) is 6.48 Å². The fourth-order valence-corrected chi connectivity index (χ4v) is 7.04. The molecule has 1 aliphatic rings. The van der Waals surface area contributed by atoms with Crippen molar-refractivity contribution in [3.8, 4) is 0 Å². The van der Waals surface area contributed by atoms with Crippen molar-refractivity contribution >= 4 is 0 Å². The first kappa shape index (κ1) is 39.7. The van der Waals surface area contributed by atoms with Crippen molar-refractivity contribution in [3.63, 3.8) is 0 Å². The van der Waals surface area contributed by atoms with E-state index in [1.807, 2.05) is 0 Å². The van der Waals surface area contributed by atoms with E-state index < -0.39 is 0 Å². The molecule has 1 atom stereocenters. The highest BCUT2D eigenvalue weighted by Gasteiger charge is 2.15. The van der Waals surface area contributed by atoms with Crippen LogP contribution >= 0.6 is 0 Å². The molecule has 2 heteroatoms. The summed E-state index contributed by atoms with van der Waals surface area (Å²) in [5, 5.41) is 0. The lowest BCUT2D eigenvalue weighted by Gasteiger charge is -2.26. The van der Waals surface area contributed by atoms with Crippen molar-refractivity contribution in [2.75, 3.05) is 39.3 Å². The Hall–Kier alpha value is -0.340. The number of hydrogen-bond acceptors (Lipinski definition) is 2. The maximum atomic E-state index is 4.28. The molecule has 0 spiro atoms. The normalized spacial score (nSPS) is 15.5. The first-order valence-electron chi connectivity index (χ1n) is 19.8. The van der Waals surface area contributed by atoms with Gasteiger partial charge in [-0.15, -0.1) is 0 Å². The number of likely N-dealkylation sites (tertiary alicyclic amines) is 1. The predicted octanol–water partition coefficient (Wildman–Crippen LogP) is 12.8. The number of unbranched alkanes of at least 4 members (excludes halogenated alkanes) is 18. The highest BCUT2D eigenvalue weighted by molar-refractivity contribution is 4.96. The third-order valence-electron chi connectivity index (χ3n) is 10.1. The van der Waals surface area contributed by atoms with Gasteiger partial charge in [0.05, 0.1) is 0 Å². The average molecular weight is 589 g/mol. The van der Waals surface area contributed by atoms with E-state index >= 15 is 0 Å². The molecule has 42 heavy (non-hydrogen) atoms. The monoisotopic (exact) mass is 589 g/mol. The van der Waals surface area contributed by atoms with E-state index in [1.54, 1.807) is 0 Å². The van der Waals surface area contributed by atoms with Gasteiger partial charge in [0, 0.05) is 6.54 Å². The maximum Gasteiger partial charge on any atom is 0.00185 e. The van der Waals surface area contributed by atoms with Gasteiger partial charge in [-0.1, -0.05) is 161 Å². The largest absolute Gasteiger partial charge is 0.303 e. The summed E-state index contributed by atoms with van der Waals surface area (Å²) in [6.07, 6.45) is 39.7. The van der Waals surface area contributed by atoms with Gasteiger partial charge in [0.1, 0.15) is 0 Å². The summed E-state index contributed by atoms with van der Waals surface area (Å²) in [6.45, 7) is 19.2. The van der Waals surface area contributed by atoms with Crippen LogP contribution in [0.25, 0.3) is 0 Å². The molecule has 0 N–H and O–H groups in total. The summed E-state index contributed by atoms with van der Waals surface area (Å²) in [6, 6.07) is 0. The average Bonchev–Trinajstić information content (AvgIpc) is 3.21. The van der Waals surface area contributed by atoms with Gasteiger partial charge in [-0.05, 0) is 90.0 Å². The highest BCUT2D eigenvalue weighted by Crippen LogP contribution is 2.23. The molecule has 0 aromatic rings. The Morgan fingerprint density at radius 2 is 1.00 bits per heavy atom. The van der Waals surface area contributed by atoms with Crippen LogP contribution in [0.5, 0.6) is 0 Å². The minimum Gasteiger partial charge on any atom is -0.303 e. The van der Waals surface area contributed by atoms with E-state index in [4.69, 9.17) is 0 Å². The van der Waals surface area contributed by atoms with Gasteiger partial charge in [0.25, 0.3) is 0 Å². The van der Waals surface area contributed by atoms with E-state index in [0.29, 0.717) is 0 Å². The Balaban J connectivity index is 2.51. The summed E-state index contributed by atoms with van der Waals surface area (Å²) < 4.78 is 0. The Morgan fingerprint density at radius 3 is 1.55 bits per heavy atom. The molecule has 0 aliphatic carbocycles. The lowest BCUT2D eigenvalue weighted by atomic mass is 9.92. The summed E-state index contributed by atoms with van der Waals surface area (Å²) in [7, 11) is 0. The zero-order valence-corrected chi connectivity index (χ0v) is 29.7. The van der Waals surface area contributed by atoms with E-state index in [0.717, 1.165) is 5.92 Å². The van der Waals surface area contributed by atoms with E-state index in [-0.39, 0.29) is 0 Å². The van der Waals surface area contributed by atoms with Crippen LogP contribution in [0, 0.1) is 5.92 Å². The molecule has 0 aromatic heterocycles. The van der Waals surface area contributed by atoms with Crippen LogP contribution in [0.1, 0.15) is 201 Å². The first-order valence-corrected chi connectivity index (χ1v) is 19.8. The van der Waals surface area contributed by atoms with E-state index in [9.17, 15) is 0 Å². The van der Waals surface area contributed by atoms with Gasteiger partial charge in [-0.3, -0.25) is 0 Å². The van der Waals surface area contributed by atoms with Gasteiger partial charge in [-0.2, -0.15) is 0 Å². The standard InChI is InChI=1S/C40H80N2/c1-5-8-11-14-17-20-23-29-40(30-27-36-42-35-26-28-39(4)31-37-42)32-38-41(33-24-21-18-15-12-9-6-2)34-25-22-19-16-13-10-7-3/h40H,4-38H2,1-3H3. The first-order chi connectivity index (χ1) is 20.7. The molecular weight excluding hydrogens is 508 g/mol. The van der Waals surface area contributed by atoms with Crippen molar-refractivity contribution in [2.24, 2.45) is 5.92 Å². The van der Waals surface area contributed by atoms with Crippen molar-refractivity contribution < 1.29 is 0 Å². The van der Waals surface area contributed by atoms with Crippen molar-refractivity contribution in [2.45, 2.75) is 201 Å². The van der Waals surface area contributed by atoms with Crippen LogP contribution < -0.4 is 0 Å². The molecule has 1 unspecified atom stereocenters. The second-order valence-corrected chi connectivity index (χ2v) is 14.2. The maximum absolute atomic E-state index is 4.28. The van der Waals surface area contributed by atoms with Crippen LogP contribution in [-0.2, 0) is 0 Å². The summed E-state index contributed by atoms with van der Waals surface area (Å²) >= 11 is 0. The molecule has 1 rings (SSSR count). The third-order valence-corrected chi connectivity index (χ3v) is 10.1. The fourth-order valence-electron chi connectivity index (χ4n) is 7.04. The highest BCUT2D eigenvalue weighted by atomic mass is 15.1. The molecule has 0 radical (unpaired) electrons. The van der Waals surface area contributed by atoms with Gasteiger partial charge in [-0.25, -0.2) is 0 Å². The van der Waals surface area contributed by atoms with Crippen LogP contribution in [0.3, 0.4) is 0 Å². The molecule has 1 fully saturated rings. The molecule has 1 saturated heterocycles. The van der Waals surface area contributed by atoms with E-state index in [2.05, 4.69) is 37.1 Å². The molecule has 0 aromatic carbocycles. The van der Waals surface area contributed by atoms with Gasteiger partial charge >= 0.3 is 0 Å². The van der Waals surface area contributed by atoms with Crippen molar-refractivity contribution in [3.05, 3.63) is 12.2 Å². The zero-order valence-electron chi connectivity index (χ0n) is 29.7. The lowest BCUT2D eigenvalue weighted by molar-refractivity contribution is 0.223. The molecule has 1 aliphatic heterocycles. The lowest BCUT2D eigenvalue weighted by Crippen LogP contribution is -2.29. The van der Waals surface area contributed by atoms with Gasteiger partial charge in [0.15, 0.2) is 0 Å². The summed E-state index contributed by atoms with van der Waals surface area (Å²) in [4.78, 5) is 5.65. The second-order valence-electron chi connectivity index (χ2n) is 14.2. The Labute approximate surface area is 267 Å². The molecular formula is C40H80N2. The van der Waals surface area contributed by atoms with Crippen molar-refractivity contribution in [1.29, 1.82) is 0 Å². The second kappa shape index (κ2) is 30.7. The fraction of sp³-hybridized carbons (Fsp3) is 0.950. The Bertz CT molecular complexity index is 540. The Kier molecular flexibility index (Phi) is 29.0. The minimum atomic E-state index is 0.938. The van der Waals surface area contributed by atoms with Gasteiger partial charge in [0.2, 0.25) is 0 Å². The molecule has 0 bridgehead atoms. The van der Waals surface area contributed by atoms with Crippen LogP contribution in [0.15, 0.2) is 12.2 Å². The number of nitrogens with zero attached hydrogens (tertiary/aromatic N) is 2. The zero-order chi connectivity index (χ0) is 30.4.